The topological polar surface area (TPSA) is 132 Å². The summed E-state index contributed by atoms with van der Waals surface area (Å²) in [6.07, 6.45) is 2.83. The molecule has 30 heavy (non-hydrogen) atoms. The number of benzene rings is 1. The SMILES string of the molecule is COc1ccccc1Nc1ncccc1C(=O)OCC(=O)NNC(=O)c1ccco1. The number of esters is 1. The van der Waals surface area contributed by atoms with Crippen LogP contribution in [0.4, 0.5) is 11.5 Å². The van der Waals surface area contributed by atoms with Gasteiger partial charge in [-0.25, -0.2) is 9.78 Å². The minimum absolute atomic E-state index is 0.0229. The third-order valence-corrected chi connectivity index (χ3v) is 3.78. The minimum atomic E-state index is -0.770. The van der Waals surface area contributed by atoms with Gasteiger partial charge in [0.2, 0.25) is 0 Å². The molecule has 0 radical (unpaired) electrons. The molecular formula is C20H18N4O6. The van der Waals surface area contributed by atoms with E-state index in [-0.39, 0.29) is 17.1 Å². The lowest BCUT2D eigenvalue weighted by atomic mass is 10.2. The summed E-state index contributed by atoms with van der Waals surface area (Å²) in [5, 5.41) is 3.01. The molecule has 2 amide bonds. The lowest BCUT2D eigenvalue weighted by Crippen LogP contribution is -2.43. The van der Waals surface area contributed by atoms with E-state index in [2.05, 4.69) is 21.2 Å². The van der Waals surface area contributed by atoms with E-state index in [1.807, 2.05) is 0 Å². The lowest BCUT2D eigenvalue weighted by molar-refractivity contribution is -0.125. The zero-order chi connectivity index (χ0) is 21.3. The van der Waals surface area contributed by atoms with Crippen LogP contribution in [0.1, 0.15) is 20.9 Å². The van der Waals surface area contributed by atoms with Crippen LogP contribution < -0.4 is 20.9 Å². The Bertz CT molecular complexity index is 1040. The highest BCUT2D eigenvalue weighted by Gasteiger charge is 2.17. The van der Waals surface area contributed by atoms with Gasteiger partial charge in [0, 0.05) is 6.20 Å². The fourth-order valence-corrected chi connectivity index (χ4v) is 2.39. The van der Waals surface area contributed by atoms with Crippen molar-refractivity contribution in [2.45, 2.75) is 0 Å². The minimum Gasteiger partial charge on any atom is -0.495 e. The molecule has 0 bridgehead atoms. The van der Waals surface area contributed by atoms with Crippen LogP contribution in [0.25, 0.3) is 0 Å². The Kier molecular flexibility index (Phi) is 6.62. The monoisotopic (exact) mass is 410 g/mol. The fraction of sp³-hybridized carbons (Fsp3) is 0.100. The number of carbonyl (C=O) groups excluding carboxylic acids is 3. The zero-order valence-corrected chi connectivity index (χ0v) is 15.9. The Morgan fingerprint density at radius 2 is 1.87 bits per heavy atom. The fourth-order valence-electron chi connectivity index (χ4n) is 2.39. The molecule has 3 N–H and O–H groups in total. The van der Waals surface area contributed by atoms with E-state index in [9.17, 15) is 14.4 Å². The average molecular weight is 410 g/mol. The highest BCUT2D eigenvalue weighted by Crippen LogP contribution is 2.27. The smallest absolute Gasteiger partial charge is 0.342 e. The van der Waals surface area contributed by atoms with E-state index in [1.54, 1.807) is 30.3 Å². The summed E-state index contributed by atoms with van der Waals surface area (Å²) < 4.78 is 15.2. The van der Waals surface area contributed by atoms with Crippen molar-refractivity contribution in [2.75, 3.05) is 19.0 Å². The standard InChI is InChI=1S/C20H18N4O6/c1-28-15-8-3-2-7-14(15)22-18-13(6-4-10-21-18)20(27)30-12-17(25)23-24-19(26)16-9-5-11-29-16/h2-11H,12H2,1H3,(H,21,22)(H,23,25)(H,24,26). The average Bonchev–Trinajstić information content (AvgIpc) is 3.31. The first kappa shape index (κ1) is 20.4. The van der Waals surface area contributed by atoms with Gasteiger partial charge in [-0.3, -0.25) is 20.4 Å². The summed E-state index contributed by atoms with van der Waals surface area (Å²) >= 11 is 0. The highest BCUT2D eigenvalue weighted by molar-refractivity contribution is 5.97. The molecule has 0 saturated heterocycles. The molecule has 0 aliphatic heterocycles. The second-order valence-corrected chi connectivity index (χ2v) is 5.78. The molecule has 1 aromatic carbocycles. The van der Waals surface area contributed by atoms with Crippen LogP contribution in [-0.2, 0) is 9.53 Å². The van der Waals surface area contributed by atoms with E-state index in [4.69, 9.17) is 13.9 Å². The number of hydrogen-bond acceptors (Lipinski definition) is 8. The van der Waals surface area contributed by atoms with Crippen LogP contribution >= 0.6 is 0 Å². The number of nitrogens with zero attached hydrogens (tertiary/aromatic N) is 1. The lowest BCUT2D eigenvalue weighted by Gasteiger charge is -2.13. The summed E-state index contributed by atoms with van der Waals surface area (Å²) in [6, 6.07) is 13.1. The van der Waals surface area contributed by atoms with Crippen molar-refractivity contribution in [1.29, 1.82) is 0 Å². The number of amides is 2. The Hall–Kier alpha value is -4.34. The van der Waals surface area contributed by atoms with Crippen molar-refractivity contribution in [2.24, 2.45) is 0 Å². The van der Waals surface area contributed by atoms with Gasteiger partial charge in [-0.2, -0.15) is 0 Å². The maximum absolute atomic E-state index is 12.4. The van der Waals surface area contributed by atoms with Crippen molar-refractivity contribution in [3.05, 3.63) is 72.3 Å². The van der Waals surface area contributed by atoms with Gasteiger partial charge in [0.05, 0.1) is 19.1 Å². The number of aromatic nitrogens is 1. The molecule has 0 unspecified atom stereocenters. The van der Waals surface area contributed by atoms with Gasteiger partial charge in [-0.1, -0.05) is 12.1 Å². The van der Waals surface area contributed by atoms with Crippen LogP contribution in [0.3, 0.4) is 0 Å². The molecule has 0 fully saturated rings. The van der Waals surface area contributed by atoms with Gasteiger partial charge in [0.15, 0.2) is 12.4 Å². The second kappa shape index (κ2) is 9.73. The van der Waals surface area contributed by atoms with E-state index in [0.717, 1.165) is 0 Å². The molecule has 0 saturated carbocycles. The molecule has 10 nitrogen and oxygen atoms in total. The summed E-state index contributed by atoms with van der Waals surface area (Å²) in [7, 11) is 1.53. The molecule has 154 valence electrons. The van der Waals surface area contributed by atoms with Crippen molar-refractivity contribution in [1.82, 2.24) is 15.8 Å². The van der Waals surface area contributed by atoms with Gasteiger partial charge < -0.3 is 19.2 Å². The summed E-state index contributed by atoms with van der Waals surface area (Å²) in [5.74, 6) is -1.32. The highest BCUT2D eigenvalue weighted by atomic mass is 16.5. The Balaban J connectivity index is 1.58. The maximum Gasteiger partial charge on any atom is 0.342 e. The molecular weight excluding hydrogens is 392 g/mol. The van der Waals surface area contributed by atoms with Crippen LogP contribution in [-0.4, -0.2) is 36.5 Å². The number of ether oxygens (including phenoxy) is 2. The first-order valence-corrected chi connectivity index (χ1v) is 8.73. The first-order chi connectivity index (χ1) is 14.6. The number of anilines is 2. The molecule has 3 rings (SSSR count). The number of carbonyl (C=O) groups is 3. The van der Waals surface area contributed by atoms with Gasteiger partial charge >= 0.3 is 11.9 Å². The molecule has 0 aliphatic rings. The predicted octanol–water partition coefficient (Wildman–Crippen LogP) is 2.04. The molecule has 0 spiro atoms. The summed E-state index contributed by atoms with van der Waals surface area (Å²) in [6.45, 7) is -0.611. The largest absolute Gasteiger partial charge is 0.495 e. The summed E-state index contributed by atoms with van der Waals surface area (Å²) in [5.41, 5.74) is 4.99. The molecule has 2 heterocycles. The Morgan fingerprint density at radius 3 is 2.63 bits per heavy atom. The third kappa shape index (κ3) is 5.13. The van der Waals surface area contributed by atoms with E-state index < -0.39 is 24.4 Å². The van der Waals surface area contributed by atoms with Crippen LogP contribution in [0.2, 0.25) is 0 Å². The second-order valence-electron chi connectivity index (χ2n) is 5.78. The van der Waals surface area contributed by atoms with Crippen molar-refractivity contribution >= 4 is 29.3 Å². The summed E-state index contributed by atoms with van der Waals surface area (Å²) in [4.78, 5) is 40.1. The zero-order valence-electron chi connectivity index (χ0n) is 15.9. The van der Waals surface area contributed by atoms with E-state index in [1.165, 1.54) is 37.8 Å². The number of nitrogens with one attached hydrogen (secondary N) is 3. The number of hydrogen-bond donors (Lipinski definition) is 3. The molecule has 3 aromatic rings. The number of para-hydroxylation sites is 2. The number of pyridine rings is 1. The third-order valence-electron chi connectivity index (χ3n) is 3.78. The van der Waals surface area contributed by atoms with Crippen molar-refractivity contribution in [3.8, 4) is 5.75 Å². The molecule has 10 heteroatoms. The van der Waals surface area contributed by atoms with Gasteiger partial charge in [-0.05, 0) is 36.4 Å². The van der Waals surface area contributed by atoms with Gasteiger partial charge in [-0.15, -0.1) is 0 Å². The van der Waals surface area contributed by atoms with Gasteiger partial charge in [0.25, 0.3) is 5.91 Å². The Labute approximate surface area is 171 Å². The van der Waals surface area contributed by atoms with Crippen LogP contribution in [0.5, 0.6) is 5.75 Å². The van der Waals surface area contributed by atoms with Crippen LogP contribution in [0.15, 0.2) is 65.4 Å². The number of hydrazine groups is 1. The van der Waals surface area contributed by atoms with Crippen molar-refractivity contribution < 1.29 is 28.3 Å². The van der Waals surface area contributed by atoms with E-state index >= 15 is 0 Å². The molecule has 2 aromatic heterocycles. The number of methoxy groups -OCH3 is 1. The maximum atomic E-state index is 12.4. The quantitative estimate of drug-likeness (QED) is 0.398. The number of furan rings is 1. The van der Waals surface area contributed by atoms with Crippen molar-refractivity contribution in [3.63, 3.8) is 0 Å². The van der Waals surface area contributed by atoms with E-state index in [0.29, 0.717) is 11.4 Å². The first-order valence-electron chi connectivity index (χ1n) is 8.73. The Morgan fingerprint density at radius 1 is 1.03 bits per heavy atom. The normalized spacial score (nSPS) is 10.0. The van der Waals surface area contributed by atoms with Gasteiger partial charge in [0.1, 0.15) is 17.1 Å². The van der Waals surface area contributed by atoms with Crippen LogP contribution in [0, 0.1) is 0 Å². The molecule has 0 aliphatic carbocycles. The molecule has 0 atom stereocenters. The predicted molar refractivity (Wildman–Crippen MR) is 105 cm³/mol. The number of rotatable bonds is 7.